The molecule has 0 spiro atoms. The molecule has 1 aliphatic rings. The Morgan fingerprint density at radius 2 is 1.95 bits per heavy atom. The summed E-state index contributed by atoms with van der Waals surface area (Å²) in [6, 6.07) is 9.70. The first kappa shape index (κ1) is 16.9. The van der Waals surface area contributed by atoms with E-state index < -0.39 is 0 Å². The van der Waals surface area contributed by atoms with Crippen molar-refractivity contribution in [3.05, 3.63) is 29.8 Å². The molecule has 1 aliphatic carbocycles. The van der Waals surface area contributed by atoms with Crippen molar-refractivity contribution in [2.75, 3.05) is 6.54 Å². The van der Waals surface area contributed by atoms with Gasteiger partial charge in [0.25, 0.3) is 0 Å². The fraction of sp³-hybridized carbons (Fsp3) is 0.684. The van der Waals surface area contributed by atoms with Crippen molar-refractivity contribution < 1.29 is 0 Å². The van der Waals surface area contributed by atoms with Crippen LogP contribution < -0.4 is 5.32 Å². The minimum atomic E-state index is 0.461. The van der Waals surface area contributed by atoms with E-state index in [2.05, 4.69) is 62.1 Å². The van der Waals surface area contributed by atoms with E-state index in [4.69, 9.17) is 0 Å². The summed E-state index contributed by atoms with van der Waals surface area (Å²) in [4.78, 5) is 1.45. The number of thioether (sulfide) groups is 1. The predicted octanol–water partition coefficient (Wildman–Crippen LogP) is 5.81. The first-order chi connectivity index (χ1) is 10.2. The van der Waals surface area contributed by atoms with Crippen LogP contribution in [0.4, 0.5) is 0 Å². The van der Waals surface area contributed by atoms with E-state index in [1.54, 1.807) is 0 Å². The molecule has 1 nitrogen and oxygen atoms in total. The molecule has 1 saturated carbocycles. The van der Waals surface area contributed by atoms with Gasteiger partial charge in [0.1, 0.15) is 0 Å². The lowest BCUT2D eigenvalue weighted by Gasteiger charge is -2.28. The average molecular weight is 306 g/mol. The lowest BCUT2D eigenvalue weighted by molar-refractivity contribution is 0.357. The lowest BCUT2D eigenvalue weighted by atomic mass is 9.87. The Hall–Kier alpha value is -0.470. The van der Waals surface area contributed by atoms with Crippen LogP contribution in [0.1, 0.15) is 70.9 Å². The summed E-state index contributed by atoms with van der Waals surface area (Å²) >= 11 is 2.10. The fourth-order valence-corrected chi connectivity index (χ4v) is 4.56. The van der Waals surface area contributed by atoms with Gasteiger partial charge < -0.3 is 5.32 Å². The molecule has 0 aliphatic heterocycles. The third-order valence-electron chi connectivity index (χ3n) is 4.70. The Kier molecular flexibility index (Phi) is 7.12. The Balaban J connectivity index is 1.87. The molecule has 1 aromatic rings. The van der Waals surface area contributed by atoms with Crippen LogP contribution in [0, 0.1) is 5.92 Å². The van der Waals surface area contributed by atoms with Gasteiger partial charge in [0.05, 0.1) is 0 Å². The fourth-order valence-electron chi connectivity index (χ4n) is 3.23. The Labute approximate surface area is 135 Å². The molecule has 0 saturated heterocycles. The van der Waals surface area contributed by atoms with Crippen molar-refractivity contribution in [1.82, 2.24) is 5.32 Å². The van der Waals surface area contributed by atoms with Crippen molar-refractivity contribution in [3.8, 4) is 0 Å². The smallest absolute Gasteiger partial charge is 0.0291 e. The predicted molar refractivity (Wildman–Crippen MR) is 95.0 cm³/mol. The summed E-state index contributed by atoms with van der Waals surface area (Å²) < 4.78 is 0. The highest BCUT2D eigenvalue weighted by Gasteiger charge is 2.21. The largest absolute Gasteiger partial charge is 0.310 e. The molecule has 1 aromatic carbocycles. The van der Waals surface area contributed by atoms with Crippen molar-refractivity contribution in [1.29, 1.82) is 0 Å². The van der Waals surface area contributed by atoms with Gasteiger partial charge in [-0.2, -0.15) is 0 Å². The molecule has 0 bridgehead atoms. The van der Waals surface area contributed by atoms with E-state index in [-0.39, 0.29) is 0 Å². The molecule has 2 rings (SSSR count). The number of hydrogen-bond donors (Lipinski definition) is 1. The topological polar surface area (TPSA) is 12.0 Å². The van der Waals surface area contributed by atoms with E-state index in [1.165, 1.54) is 49.0 Å². The highest BCUT2D eigenvalue weighted by molar-refractivity contribution is 8.00. The lowest BCUT2D eigenvalue weighted by Crippen LogP contribution is -2.19. The molecular weight excluding hydrogens is 274 g/mol. The normalized spacial score (nSPS) is 24.0. The number of benzene rings is 1. The minimum absolute atomic E-state index is 0.461. The van der Waals surface area contributed by atoms with Crippen LogP contribution in [0.5, 0.6) is 0 Å². The van der Waals surface area contributed by atoms with Gasteiger partial charge in [-0.15, -0.1) is 11.8 Å². The molecule has 3 unspecified atom stereocenters. The van der Waals surface area contributed by atoms with Crippen LogP contribution in [-0.4, -0.2) is 11.8 Å². The average Bonchev–Trinajstić information content (AvgIpc) is 2.53. The SMILES string of the molecule is CCCNC(C)c1ccc(SC2CCCC(CC)C2)cc1. The second kappa shape index (κ2) is 8.85. The van der Waals surface area contributed by atoms with Gasteiger partial charge in [-0.05, 0) is 56.3 Å². The van der Waals surface area contributed by atoms with Gasteiger partial charge in [0.15, 0.2) is 0 Å². The molecule has 0 heterocycles. The second-order valence-electron chi connectivity index (χ2n) is 6.43. The van der Waals surface area contributed by atoms with Crippen molar-refractivity contribution >= 4 is 11.8 Å². The third kappa shape index (κ3) is 5.34. The zero-order valence-electron chi connectivity index (χ0n) is 13.9. The summed E-state index contributed by atoms with van der Waals surface area (Å²) in [6.07, 6.45) is 8.24. The maximum atomic E-state index is 3.56. The maximum absolute atomic E-state index is 3.56. The first-order valence-electron chi connectivity index (χ1n) is 8.72. The van der Waals surface area contributed by atoms with Crippen molar-refractivity contribution in [3.63, 3.8) is 0 Å². The van der Waals surface area contributed by atoms with Crippen LogP contribution in [-0.2, 0) is 0 Å². The van der Waals surface area contributed by atoms with E-state index in [0.29, 0.717) is 6.04 Å². The van der Waals surface area contributed by atoms with Gasteiger partial charge >= 0.3 is 0 Å². The first-order valence-corrected chi connectivity index (χ1v) is 9.60. The standard InChI is InChI=1S/C19H31NS/c1-4-13-20-15(3)17-9-11-18(12-10-17)21-19-8-6-7-16(5-2)14-19/h9-12,15-16,19-20H,4-8,13-14H2,1-3H3. The summed E-state index contributed by atoms with van der Waals surface area (Å²) in [5, 5.41) is 4.39. The van der Waals surface area contributed by atoms with Gasteiger partial charge in [-0.25, -0.2) is 0 Å². The quantitative estimate of drug-likeness (QED) is 0.682. The zero-order chi connectivity index (χ0) is 15.1. The molecule has 2 heteroatoms. The van der Waals surface area contributed by atoms with Gasteiger partial charge in [-0.1, -0.05) is 45.2 Å². The molecule has 21 heavy (non-hydrogen) atoms. The van der Waals surface area contributed by atoms with E-state index in [0.717, 1.165) is 17.7 Å². The van der Waals surface area contributed by atoms with E-state index in [9.17, 15) is 0 Å². The van der Waals surface area contributed by atoms with Gasteiger partial charge in [-0.3, -0.25) is 0 Å². The van der Waals surface area contributed by atoms with Crippen LogP contribution in [0.2, 0.25) is 0 Å². The molecule has 1 N–H and O–H groups in total. The number of nitrogens with one attached hydrogen (secondary N) is 1. The highest BCUT2D eigenvalue weighted by atomic mass is 32.2. The summed E-state index contributed by atoms with van der Waals surface area (Å²) in [7, 11) is 0. The molecule has 0 amide bonds. The number of hydrogen-bond acceptors (Lipinski definition) is 2. The van der Waals surface area contributed by atoms with E-state index in [1.807, 2.05) is 0 Å². The molecule has 3 atom stereocenters. The van der Waals surface area contributed by atoms with Crippen LogP contribution in [0.25, 0.3) is 0 Å². The van der Waals surface area contributed by atoms with Gasteiger partial charge in [0, 0.05) is 16.2 Å². The molecule has 0 radical (unpaired) electrons. The number of rotatable bonds is 7. The van der Waals surface area contributed by atoms with Gasteiger partial charge in [0.2, 0.25) is 0 Å². The molecule has 1 fully saturated rings. The van der Waals surface area contributed by atoms with Crippen LogP contribution in [0.15, 0.2) is 29.2 Å². The van der Waals surface area contributed by atoms with Crippen LogP contribution >= 0.6 is 11.8 Å². The van der Waals surface area contributed by atoms with Crippen LogP contribution in [0.3, 0.4) is 0 Å². The molecular formula is C19H31NS. The van der Waals surface area contributed by atoms with E-state index >= 15 is 0 Å². The Morgan fingerprint density at radius 1 is 1.19 bits per heavy atom. The summed E-state index contributed by atoms with van der Waals surface area (Å²) in [5.41, 5.74) is 1.41. The molecule has 0 aromatic heterocycles. The third-order valence-corrected chi connectivity index (χ3v) is 6.00. The van der Waals surface area contributed by atoms with Crippen molar-refractivity contribution in [2.45, 2.75) is 75.5 Å². The zero-order valence-corrected chi connectivity index (χ0v) is 14.7. The Morgan fingerprint density at radius 3 is 2.62 bits per heavy atom. The Bertz CT molecular complexity index is 401. The second-order valence-corrected chi connectivity index (χ2v) is 7.80. The minimum Gasteiger partial charge on any atom is -0.310 e. The monoisotopic (exact) mass is 305 g/mol. The van der Waals surface area contributed by atoms with Crippen molar-refractivity contribution in [2.24, 2.45) is 5.92 Å². The summed E-state index contributed by atoms with van der Waals surface area (Å²) in [5.74, 6) is 0.966. The summed E-state index contributed by atoms with van der Waals surface area (Å²) in [6.45, 7) is 7.91. The maximum Gasteiger partial charge on any atom is 0.0291 e. The molecule has 118 valence electrons. The highest BCUT2D eigenvalue weighted by Crippen LogP contribution is 2.37.